The summed E-state index contributed by atoms with van der Waals surface area (Å²) in [7, 11) is 1.60. The second-order valence-electron chi connectivity index (χ2n) is 6.03. The molecule has 2 N–H and O–H groups in total. The second kappa shape index (κ2) is 8.45. The zero-order valence-electron chi connectivity index (χ0n) is 14.7. The lowest BCUT2D eigenvalue weighted by atomic mass is 9.98. The van der Waals surface area contributed by atoms with Crippen LogP contribution in [-0.4, -0.2) is 31.2 Å². The van der Waals surface area contributed by atoms with E-state index in [9.17, 15) is 4.79 Å². The molecule has 0 saturated carbocycles. The van der Waals surface area contributed by atoms with Crippen molar-refractivity contribution in [2.75, 3.05) is 25.6 Å². The van der Waals surface area contributed by atoms with Gasteiger partial charge in [0, 0.05) is 25.5 Å². The highest BCUT2D eigenvalue weighted by Crippen LogP contribution is 2.30. The molecule has 1 amide bonds. The van der Waals surface area contributed by atoms with Crippen LogP contribution in [-0.2, 0) is 4.74 Å². The first-order valence-electron chi connectivity index (χ1n) is 8.11. The lowest BCUT2D eigenvalue weighted by Gasteiger charge is -2.17. The van der Waals surface area contributed by atoms with E-state index in [4.69, 9.17) is 4.74 Å². The molecular weight excluding hydrogens is 302 g/mol. The molecule has 1 heterocycles. The van der Waals surface area contributed by atoms with Crippen molar-refractivity contribution in [3.63, 3.8) is 0 Å². The Labute approximate surface area is 143 Å². The van der Waals surface area contributed by atoms with Gasteiger partial charge in [0.2, 0.25) is 0 Å². The number of rotatable bonds is 7. The number of nitrogens with one attached hydrogen (secondary N) is 2. The standard InChI is InChI=1S/C19H25N3O2/c1-13(2)17-7-5-6-14(3)18(17)22-16-10-15(11-20-12-16)19(23)21-8-9-24-4/h5-7,10-13,22H,8-9H2,1-4H3,(H,21,23). The van der Waals surface area contributed by atoms with Gasteiger partial charge < -0.3 is 15.4 Å². The summed E-state index contributed by atoms with van der Waals surface area (Å²) in [6.45, 7) is 7.36. The number of methoxy groups -OCH3 is 1. The Kier molecular flexibility index (Phi) is 6.32. The van der Waals surface area contributed by atoms with E-state index in [-0.39, 0.29) is 5.91 Å². The molecule has 0 aliphatic rings. The molecule has 0 atom stereocenters. The number of carbonyl (C=O) groups excluding carboxylic acids is 1. The Morgan fingerprint density at radius 1 is 1.29 bits per heavy atom. The van der Waals surface area contributed by atoms with Crippen LogP contribution in [0, 0.1) is 6.92 Å². The van der Waals surface area contributed by atoms with Gasteiger partial charge in [0.1, 0.15) is 0 Å². The van der Waals surface area contributed by atoms with Crippen molar-refractivity contribution < 1.29 is 9.53 Å². The van der Waals surface area contributed by atoms with Crippen LogP contribution in [0.2, 0.25) is 0 Å². The lowest BCUT2D eigenvalue weighted by Crippen LogP contribution is -2.27. The van der Waals surface area contributed by atoms with Crippen LogP contribution in [0.15, 0.2) is 36.7 Å². The fraction of sp³-hybridized carbons (Fsp3) is 0.368. The highest BCUT2D eigenvalue weighted by Gasteiger charge is 2.11. The average Bonchev–Trinajstić information content (AvgIpc) is 2.57. The Morgan fingerprint density at radius 3 is 2.79 bits per heavy atom. The van der Waals surface area contributed by atoms with E-state index in [1.165, 1.54) is 5.56 Å². The first-order chi connectivity index (χ1) is 11.5. The van der Waals surface area contributed by atoms with E-state index in [1.807, 2.05) is 6.07 Å². The first-order valence-corrected chi connectivity index (χ1v) is 8.11. The van der Waals surface area contributed by atoms with E-state index in [0.29, 0.717) is 24.6 Å². The van der Waals surface area contributed by atoms with E-state index in [2.05, 4.69) is 54.6 Å². The molecule has 0 unspecified atom stereocenters. The van der Waals surface area contributed by atoms with Crippen molar-refractivity contribution in [1.29, 1.82) is 0 Å². The number of para-hydroxylation sites is 1. The summed E-state index contributed by atoms with van der Waals surface area (Å²) in [6, 6.07) is 8.07. The van der Waals surface area contributed by atoms with E-state index < -0.39 is 0 Å². The summed E-state index contributed by atoms with van der Waals surface area (Å²) in [6.07, 6.45) is 3.29. The van der Waals surface area contributed by atoms with Gasteiger partial charge in [-0.1, -0.05) is 32.0 Å². The minimum Gasteiger partial charge on any atom is -0.383 e. The lowest BCUT2D eigenvalue weighted by molar-refractivity contribution is 0.0937. The maximum absolute atomic E-state index is 12.1. The quantitative estimate of drug-likeness (QED) is 0.762. The summed E-state index contributed by atoms with van der Waals surface area (Å²) < 4.78 is 4.94. The van der Waals surface area contributed by atoms with Gasteiger partial charge >= 0.3 is 0 Å². The Bertz CT molecular complexity index is 699. The van der Waals surface area contributed by atoms with E-state index in [1.54, 1.807) is 19.5 Å². The third-order valence-corrected chi connectivity index (χ3v) is 3.79. The van der Waals surface area contributed by atoms with Crippen molar-refractivity contribution in [3.8, 4) is 0 Å². The zero-order chi connectivity index (χ0) is 17.5. The van der Waals surface area contributed by atoms with Crippen LogP contribution in [0.25, 0.3) is 0 Å². The van der Waals surface area contributed by atoms with Gasteiger partial charge in [0.25, 0.3) is 5.91 Å². The third-order valence-electron chi connectivity index (χ3n) is 3.79. The maximum Gasteiger partial charge on any atom is 0.253 e. The smallest absolute Gasteiger partial charge is 0.253 e. The minimum atomic E-state index is -0.155. The van der Waals surface area contributed by atoms with Crippen molar-refractivity contribution in [3.05, 3.63) is 53.3 Å². The van der Waals surface area contributed by atoms with Gasteiger partial charge in [-0.15, -0.1) is 0 Å². The SMILES string of the molecule is COCCNC(=O)c1cncc(Nc2c(C)cccc2C(C)C)c1. The number of amides is 1. The van der Waals surface area contributed by atoms with Crippen molar-refractivity contribution in [2.45, 2.75) is 26.7 Å². The molecule has 2 aromatic rings. The third kappa shape index (κ3) is 4.55. The number of ether oxygens (including phenoxy) is 1. The summed E-state index contributed by atoms with van der Waals surface area (Å²) in [5.41, 5.74) is 4.80. The molecule has 0 saturated heterocycles. The molecule has 1 aromatic carbocycles. The average molecular weight is 327 g/mol. The Hall–Kier alpha value is -2.40. The largest absolute Gasteiger partial charge is 0.383 e. The monoisotopic (exact) mass is 327 g/mol. The molecule has 0 aliphatic heterocycles. The molecule has 1 aromatic heterocycles. The predicted octanol–water partition coefficient (Wildman–Crippen LogP) is 3.63. The van der Waals surface area contributed by atoms with E-state index in [0.717, 1.165) is 16.9 Å². The summed E-state index contributed by atoms with van der Waals surface area (Å²) in [5.74, 6) is 0.248. The highest BCUT2D eigenvalue weighted by atomic mass is 16.5. The number of aromatic nitrogens is 1. The molecule has 2 rings (SSSR count). The molecule has 5 nitrogen and oxygen atoms in total. The topological polar surface area (TPSA) is 63.2 Å². The number of anilines is 2. The van der Waals surface area contributed by atoms with Crippen molar-refractivity contribution in [2.24, 2.45) is 0 Å². The molecule has 0 spiro atoms. The molecule has 128 valence electrons. The van der Waals surface area contributed by atoms with Gasteiger partial charge in [0.05, 0.1) is 24.1 Å². The molecule has 0 radical (unpaired) electrons. The number of aryl methyl sites for hydroxylation is 1. The molecule has 5 heteroatoms. The number of hydrogen-bond acceptors (Lipinski definition) is 4. The van der Waals surface area contributed by atoms with Crippen LogP contribution in [0.1, 0.15) is 41.3 Å². The normalized spacial score (nSPS) is 10.7. The van der Waals surface area contributed by atoms with Gasteiger partial charge in [-0.05, 0) is 30.0 Å². The number of carbonyl (C=O) groups is 1. The zero-order valence-corrected chi connectivity index (χ0v) is 14.7. The van der Waals surface area contributed by atoms with Gasteiger partial charge in [0.15, 0.2) is 0 Å². The second-order valence-corrected chi connectivity index (χ2v) is 6.03. The Morgan fingerprint density at radius 2 is 2.08 bits per heavy atom. The van der Waals surface area contributed by atoms with Crippen LogP contribution in [0.5, 0.6) is 0 Å². The maximum atomic E-state index is 12.1. The number of hydrogen-bond donors (Lipinski definition) is 2. The van der Waals surface area contributed by atoms with Gasteiger partial charge in [-0.2, -0.15) is 0 Å². The van der Waals surface area contributed by atoms with Crippen LogP contribution in [0.4, 0.5) is 11.4 Å². The van der Waals surface area contributed by atoms with Gasteiger partial charge in [-0.25, -0.2) is 0 Å². The fourth-order valence-electron chi connectivity index (χ4n) is 2.49. The van der Waals surface area contributed by atoms with Crippen molar-refractivity contribution in [1.82, 2.24) is 10.3 Å². The molecule has 0 fully saturated rings. The predicted molar refractivity (Wildman–Crippen MR) is 97.0 cm³/mol. The van der Waals surface area contributed by atoms with Crippen LogP contribution >= 0.6 is 0 Å². The number of benzene rings is 1. The summed E-state index contributed by atoms with van der Waals surface area (Å²) in [5, 5.41) is 6.22. The molecule has 0 bridgehead atoms. The first kappa shape index (κ1) is 17.9. The fourth-order valence-corrected chi connectivity index (χ4v) is 2.49. The number of pyridine rings is 1. The van der Waals surface area contributed by atoms with Crippen molar-refractivity contribution >= 4 is 17.3 Å². The summed E-state index contributed by atoms with van der Waals surface area (Å²) >= 11 is 0. The number of nitrogens with zero attached hydrogens (tertiary/aromatic N) is 1. The molecule has 0 aliphatic carbocycles. The van der Waals surface area contributed by atoms with Crippen LogP contribution < -0.4 is 10.6 Å². The highest BCUT2D eigenvalue weighted by molar-refractivity contribution is 5.94. The molecule has 24 heavy (non-hydrogen) atoms. The van der Waals surface area contributed by atoms with Gasteiger partial charge in [-0.3, -0.25) is 9.78 Å². The Balaban J connectivity index is 2.20. The molecular formula is C19H25N3O2. The summed E-state index contributed by atoms with van der Waals surface area (Å²) in [4.78, 5) is 16.3. The van der Waals surface area contributed by atoms with Crippen LogP contribution in [0.3, 0.4) is 0 Å². The minimum absolute atomic E-state index is 0.155. The van der Waals surface area contributed by atoms with E-state index >= 15 is 0 Å².